The minimum absolute atomic E-state index is 0.0169. The highest BCUT2D eigenvalue weighted by molar-refractivity contribution is 7.98. The summed E-state index contributed by atoms with van der Waals surface area (Å²) in [7, 11) is 0. The van der Waals surface area contributed by atoms with Gasteiger partial charge in [0, 0.05) is 35.6 Å². The zero-order chi connectivity index (χ0) is 18.5. The fourth-order valence-corrected chi connectivity index (χ4v) is 3.99. The van der Waals surface area contributed by atoms with Crippen molar-refractivity contribution in [3.63, 3.8) is 0 Å². The molecule has 1 aromatic carbocycles. The standard InChI is InChI=1S/C18H20ClN3O3S/c1-13-10-16(23)22(11-17(24)21-6-8-25-9-7-21)18(20-13)26-12-14-4-2-3-5-15(14)19/h2-5,10H,6-9,11-12H2,1H3. The molecule has 1 aliphatic rings. The third kappa shape index (κ3) is 4.66. The number of rotatable bonds is 5. The van der Waals surface area contributed by atoms with Crippen molar-refractivity contribution in [2.45, 2.75) is 24.4 Å². The Bertz CT molecular complexity index is 850. The predicted octanol–water partition coefficient (Wildman–Crippen LogP) is 2.36. The van der Waals surface area contributed by atoms with Crippen molar-refractivity contribution >= 4 is 29.3 Å². The van der Waals surface area contributed by atoms with E-state index in [9.17, 15) is 9.59 Å². The Kier molecular flexibility index (Phi) is 6.34. The molecule has 0 bridgehead atoms. The van der Waals surface area contributed by atoms with Crippen LogP contribution in [-0.4, -0.2) is 46.7 Å². The third-order valence-electron chi connectivity index (χ3n) is 4.07. The summed E-state index contributed by atoms with van der Waals surface area (Å²) in [4.78, 5) is 31.2. The monoisotopic (exact) mass is 393 g/mol. The third-order valence-corrected chi connectivity index (χ3v) is 5.47. The summed E-state index contributed by atoms with van der Waals surface area (Å²) in [6.45, 7) is 3.91. The van der Waals surface area contributed by atoms with Gasteiger partial charge in [-0.15, -0.1) is 0 Å². The minimum Gasteiger partial charge on any atom is -0.378 e. The van der Waals surface area contributed by atoms with Crippen LogP contribution in [0.4, 0.5) is 0 Å². The van der Waals surface area contributed by atoms with Crippen molar-refractivity contribution in [3.05, 3.63) is 57.0 Å². The van der Waals surface area contributed by atoms with Crippen LogP contribution in [0.5, 0.6) is 0 Å². The summed E-state index contributed by atoms with van der Waals surface area (Å²) in [5.74, 6) is 0.474. The number of carbonyl (C=O) groups excluding carboxylic acids is 1. The molecule has 1 aliphatic heterocycles. The molecule has 0 N–H and O–H groups in total. The molecule has 138 valence electrons. The van der Waals surface area contributed by atoms with Crippen molar-refractivity contribution in [3.8, 4) is 0 Å². The average Bonchev–Trinajstić information content (AvgIpc) is 2.64. The second-order valence-electron chi connectivity index (χ2n) is 5.98. The molecule has 0 atom stereocenters. The topological polar surface area (TPSA) is 64.4 Å². The summed E-state index contributed by atoms with van der Waals surface area (Å²) < 4.78 is 6.71. The Balaban J connectivity index is 1.79. The van der Waals surface area contributed by atoms with E-state index in [0.29, 0.717) is 47.9 Å². The molecule has 0 saturated carbocycles. The van der Waals surface area contributed by atoms with Crippen molar-refractivity contribution in [2.75, 3.05) is 26.3 Å². The lowest BCUT2D eigenvalue weighted by atomic mass is 10.2. The number of amides is 1. The molecule has 0 unspecified atom stereocenters. The number of benzene rings is 1. The lowest BCUT2D eigenvalue weighted by molar-refractivity contribution is -0.136. The van der Waals surface area contributed by atoms with Crippen LogP contribution in [0, 0.1) is 6.92 Å². The fourth-order valence-electron chi connectivity index (χ4n) is 2.66. The van der Waals surface area contributed by atoms with Crippen LogP contribution in [0.1, 0.15) is 11.3 Å². The van der Waals surface area contributed by atoms with Gasteiger partial charge in [0.2, 0.25) is 5.91 Å². The Hall–Kier alpha value is -1.83. The first-order chi connectivity index (χ1) is 12.5. The second kappa shape index (κ2) is 8.70. The van der Waals surface area contributed by atoms with Crippen molar-refractivity contribution in [1.29, 1.82) is 0 Å². The van der Waals surface area contributed by atoms with Gasteiger partial charge in [0.1, 0.15) is 6.54 Å². The first kappa shape index (κ1) is 18.9. The molecular weight excluding hydrogens is 374 g/mol. The molecule has 0 spiro atoms. The number of aromatic nitrogens is 2. The number of morpholine rings is 1. The molecule has 0 aliphatic carbocycles. The van der Waals surface area contributed by atoms with E-state index in [1.807, 2.05) is 24.3 Å². The molecule has 0 radical (unpaired) electrons. The lowest BCUT2D eigenvalue weighted by Crippen LogP contribution is -2.43. The fraction of sp³-hybridized carbons (Fsp3) is 0.389. The van der Waals surface area contributed by atoms with E-state index >= 15 is 0 Å². The maximum Gasteiger partial charge on any atom is 0.254 e. The smallest absolute Gasteiger partial charge is 0.254 e. The quantitative estimate of drug-likeness (QED) is 0.576. The largest absolute Gasteiger partial charge is 0.378 e. The molecule has 3 rings (SSSR count). The highest BCUT2D eigenvalue weighted by Gasteiger charge is 2.19. The molecule has 1 amide bonds. The first-order valence-electron chi connectivity index (χ1n) is 8.35. The Morgan fingerprint density at radius 1 is 1.31 bits per heavy atom. The SMILES string of the molecule is Cc1cc(=O)n(CC(=O)N2CCOCC2)c(SCc2ccccc2Cl)n1. The van der Waals surface area contributed by atoms with Crippen LogP contribution < -0.4 is 5.56 Å². The van der Waals surface area contributed by atoms with Gasteiger partial charge in [-0.05, 0) is 18.6 Å². The van der Waals surface area contributed by atoms with Gasteiger partial charge in [0.15, 0.2) is 5.16 Å². The molecule has 1 fully saturated rings. The number of aryl methyl sites for hydroxylation is 1. The van der Waals surface area contributed by atoms with E-state index < -0.39 is 0 Å². The molecular formula is C18H20ClN3O3S. The van der Waals surface area contributed by atoms with Gasteiger partial charge in [-0.2, -0.15) is 0 Å². The van der Waals surface area contributed by atoms with Crippen LogP contribution in [-0.2, 0) is 21.8 Å². The van der Waals surface area contributed by atoms with E-state index in [0.717, 1.165) is 5.56 Å². The second-order valence-corrected chi connectivity index (χ2v) is 7.33. The number of thioether (sulfide) groups is 1. The molecule has 1 aromatic heterocycles. The van der Waals surface area contributed by atoms with Crippen LogP contribution >= 0.6 is 23.4 Å². The minimum atomic E-state index is -0.222. The summed E-state index contributed by atoms with van der Waals surface area (Å²) in [6.07, 6.45) is 0. The zero-order valence-corrected chi connectivity index (χ0v) is 16.1. The summed E-state index contributed by atoms with van der Waals surface area (Å²) in [5, 5.41) is 1.20. The van der Waals surface area contributed by atoms with Crippen LogP contribution in [0.25, 0.3) is 0 Å². The van der Waals surface area contributed by atoms with Gasteiger partial charge in [-0.25, -0.2) is 4.98 Å². The molecule has 8 heteroatoms. The van der Waals surface area contributed by atoms with Gasteiger partial charge in [-0.1, -0.05) is 41.6 Å². The highest BCUT2D eigenvalue weighted by Crippen LogP contribution is 2.25. The van der Waals surface area contributed by atoms with Crippen molar-refractivity contribution in [1.82, 2.24) is 14.5 Å². The number of halogens is 1. The van der Waals surface area contributed by atoms with E-state index in [4.69, 9.17) is 16.3 Å². The van der Waals surface area contributed by atoms with Gasteiger partial charge >= 0.3 is 0 Å². The van der Waals surface area contributed by atoms with E-state index in [2.05, 4.69) is 4.98 Å². The zero-order valence-electron chi connectivity index (χ0n) is 14.5. The Morgan fingerprint density at radius 3 is 2.77 bits per heavy atom. The maximum atomic E-state index is 12.5. The van der Waals surface area contributed by atoms with Crippen LogP contribution in [0.2, 0.25) is 5.02 Å². The predicted molar refractivity (Wildman–Crippen MR) is 102 cm³/mol. The molecule has 2 aromatic rings. The van der Waals surface area contributed by atoms with E-state index in [-0.39, 0.29) is 18.0 Å². The van der Waals surface area contributed by atoms with Gasteiger partial charge in [-0.3, -0.25) is 14.2 Å². The van der Waals surface area contributed by atoms with Gasteiger partial charge in [0.05, 0.1) is 13.2 Å². The number of nitrogens with zero attached hydrogens (tertiary/aromatic N) is 3. The average molecular weight is 394 g/mol. The first-order valence-corrected chi connectivity index (χ1v) is 9.71. The number of hydrogen-bond acceptors (Lipinski definition) is 5. The Morgan fingerprint density at radius 2 is 2.04 bits per heavy atom. The Labute approximate surface area is 161 Å². The van der Waals surface area contributed by atoms with Crippen molar-refractivity contribution in [2.24, 2.45) is 0 Å². The molecule has 2 heterocycles. The van der Waals surface area contributed by atoms with E-state index in [1.165, 1.54) is 22.4 Å². The van der Waals surface area contributed by atoms with Crippen LogP contribution in [0.15, 0.2) is 40.3 Å². The van der Waals surface area contributed by atoms with Gasteiger partial charge < -0.3 is 9.64 Å². The molecule has 6 nitrogen and oxygen atoms in total. The molecule has 1 saturated heterocycles. The summed E-state index contributed by atoms with van der Waals surface area (Å²) >= 11 is 7.61. The maximum absolute atomic E-state index is 12.5. The summed E-state index contributed by atoms with van der Waals surface area (Å²) in [6, 6.07) is 9.01. The van der Waals surface area contributed by atoms with Crippen LogP contribution in [0.3, 0.4) is 0 Å². The number of carbonyl (C=O) groups is 1. The number of hydrogen-bond donors (Lipinski definition) is 0. The van der Waals surface area contributed by atoms with Crippen molar-refractivity contribution < 1.29 is 9.53 Å². The number of ether oxygens (including phenoxy) is 1. The molecule has 26 heavy (non-hydrogen) atoms. The van der Waals surface area contributed by atoms with E-state index in [1.54, 1.807) is 11.8 Å². The van der Waals surface area contributed by atoms with Gasteiger partial charge in [0.25, 0.3) is 5.56 Å². The highest BCUT2D eigenvalue weighted by atomic mass is 35.5. The summed E-state index contributed by atoms with van der Waals surface area (Å²) in [5.41, 5.74) is 1.37. The lowest BCUT2D eigenvalue weighted by Gasteiger charge is -2.27. The normalized spacial score (nSPS) is 14.5.